The van der Waals surface area contributed by atoms with E-state index in [1.807, 2.05) is 0 Å². The van der Waals surface area contributed by atoms with E-state index in [9.17, 15) is 0 Å². The number of hydrogen-bond acceptors (Lipinski definition) is 2. The standard InChI is InChI=1S/C32H33N2/c1-26-17-19-30(20-18-26)34-22-21-33(25-29-15-9-4-10-16-29)31(23-27-11-5-2-6-12-27)32(34)24-28-13-7-3-8-14-28/h2-20,31-32H,1,21-25H2. The molecule has 1 aliphatic heterocycles. The molecule has 0 N–H and O–H groups in total. The van der Waals surface area contributed by atoms with Crippen LogP contribution in [0.3, 0.4) is 0 Å². The van der Waals surface area contributed by atoms with Gasteiger partial charge in [-0.3, -0.25) is 4.90 Å². The lowest BCUT2D eigenvalue weighted by molar-refractivity contribution is 0.129. The van der Waals surface area contributed by atoms with Gasteiger partial charge in [0.25, 0.3) is 0 Å². The second-order valence-corrected chi connectivity index (χ2v) is 9.33. The smallest absolute Gasteiger partial charge is 0.0489 e. The minimum atomic E-state index is 0.371. The summed E-state index contributed by atoms with van der Waals surface area (Å²) in [5.74, 6) is 0. The molecular formula is C32H33N2. The fourth-order valence-corrected chi connectivity index (χ4v) is 5.26. The Balaban J connectivity index is 1.52. The quantitative estimate of drug-likeness (QED) is 0.324. The van der Waals surface area contributed by atoms with Gasteiger partial charge in [-0.1, -0.05) is 103 Å². The SMILES string of the molecule is [CH2]c1ccc(N2CCN(Cc3ccccc3)C(Cc3ccccc3)C2Cc2ccccc2)cc1. The van der Waals surface area contributed by atoms with Gasteiger partial charge in [0.05, 0.1) is 0 Å². The summed E-state index contributed by atoms with van der Waals surface area (Å²) in [6.45, 7) is 7.14. The second kappa shape index (κ2) is 10.7. The molecule has 0 amide bonds. The lowest BCUT2D eigenvalue weighted by Crippen LogP contribution is -2.61. The van der Waals surface area contributed by atoms with Crippen molar-refractivity contribution in [3.63, 3.8) is 0 Å². The third-order valence-electron chi connectivity index (χ3n) is 7.01. The summed E-state index contributed by atoms with van der Waals surface area (Å²) in [5, 5.41) is 0. The molecular weight excluding hydrogens is 412 g/mol. The number of benzene rings is 4. The molecule has 4 aromatic carbocycles. The lowest BCUT2D eigenvalue weighted by Gasteiger charge is -2.49. The van der Waals surface area contributed by atoms with Crippen molar-refractivity contribution in [2.24, 2.45) is 0 Å². The van der Waals surface area contributed by atoms with Crippen LogP contribution in [0.15, 0.2) is 115 Å². The maximum atomic E-state index is 4.10. The molecule has 34 heavy (non-hydrogen) atoms. The zero-order valence-electron chi connectivity index (χ0n) is 19.8. The van der Waals surface area contributed by atoms with E-state index in [-0.39, 0.29) is 0 Å². The van der Waals surface area contributed by atoms with E-state index in [0.717, 1.165) is 38.0 Å². The van der Waals surface area contributed by atoms with Gasteiger partial charge in [-0.15, -0.1) is 0 Å². The average molecular weight is 446 g/mol. The number of hydrogen-bond donors (Lipinski definition) is 0. The number of nitrogens with zero attached hydrogens (tertiary/aromatic N) is 2. The second-order valence-electron chi connectivity index (χ2n) is 9.33. The third-order valence-corrected chi connectivity index (χ3v) is 7.01. The molecule has 1 radical (unpaired) electrons. The topological polar surface area (TPSA) is 6.48 Å². The average Bonchev–Trinajstić information content (AvgIpc) is 2.88. The Morgan fingerprint density at radius 3 is 1.62 bits per heavy atom. The fourth-order valence-electron chi connectivity index (χ4n) is 5.26. The van der Waals surface area contributed by atoms with E-state index in [0.29, 0.717) is 12.1 Å². The van der Waals surface area contributed by atoms with Gasteiger partial charge in [-0.05, 0) is 54.2 Å². The Labute approximate surface area is 204 Å². The summed E-state index contributed by atoms with van der Waals surface area (Å²) in [6.07, 6.45) is 2.06. The molecule has 1 heterocycles. The van der Waals surface area contributed by atoms with Crippen LogP contribution in [0.1, 0.15) is 22.3 Å². The first-order valence-electron chi connectivity index (χ1n) is 12.3. The molecule has 2 unspecified atom stereocenters. The molecule has 1 fully saturated rings. The Kier molecular flexibility index (Phi) is 7.07. The van der Waals surface area contributed by atoms with Crippen molar-refractivity contribution in [3.8, 4) is 0 Å². The zero-order chi connectivity index (χ0) is 23.2. The van der Waals surface area contributed by atoms with Crippen molar-refractivity contribution >= 4 is 5.69 Å². The van der Waals surface area contributed by atoms with Crippen LogP contribution in [-0.2, 0) is 19.4 Å². The van der Waals surface area contributed by atoms with E-state index in [2.05, 4.69) is 132 Å². The minimum absolute atomic E-state index is 0.371. The first-order valence-corrected chi connectivity index (χ1v) is 12.3. The monoisotopic (exact) mass is 445 g/mol. The summed E-state index contributed by atoms with van der Waals surface area (Å²) >= 11 is 0. The molecule has 0 saturated carbocycles. The van der Waals surface area contributed by atoms with Crippen LogP contribution < -0.4 is 4.90 Å². The molecule has 4 aromatic rings. The van der Waals surface area contributed by atoms with Crippen molar-refractivity contribution in [2.45, 2.75) is 31.5 Å². The normalized spacial score (nSPS) is 18.7. The predicted octanol–water partition coefficient (Wildman–Crippen LogP) is 6.41. The van der Waals surface area contributed by atoms with E-state index >= 15 is 0 Å². The number of anilines is 1. The Morgan fingerprint density at radius 2 is 1.06 bits per heavy atom. The fraction of sp³-hybridized carbons (Fsp3) is 0.219. The molecule has 0 spiro atoms. The molecule has 0 aliphatic carbocycles. The first kappa shape index (κ1) is 22.4. The maximum Gasteiger partial charge on any atom is 0.0489 e. The van der Waals surface area contributed by atoms with Gasteiger partial charge in [0.2, 0.25) is 0 Å². The molecule has 1 aliphatic rings. The van der Waals surface area contributed by atoms with Gasteiger partial charge in [-0.25, -0.2) is 0 Å². The minimum Gasteiger partial charge on any atom is -0.365 e. The van der Waals surface area contributed by atoms with Crippen LogP contribution in [0.25, 0.3) is 0 Å². The van der Waals surface area contributed by atoms with Crippen molar-refractivity contribution in [1.29, 1.82) is 0 Å². The molecule has 0 aromatic heterocycles. The number of piperazine rings is 1. The van der Waals surface area contributed by atoms with Crippen LogP contribution >= 0.6 is 0 Å². The molecule has 2 heteroatoms. The first-order chi connectivity index (χ1) is 16.8. The molecule has 1 saturated heterocycles. The van der Waals surface area contributed by atoms with Crippen molar-refractivity contribution in [1.82, 2.24) is 4.90 Å². The maximum absolute atomic E-state index is 4.10. The highest BCUT2D eigenvalue weighted by Crippen LogP contribution is 2.30. The highest BCUT2D eigenvalue weighted by atomic mass is 15.3. The van der Waals surface area contributed by atoms with Crippen molar-refractivity contribution in [3.05, 3.63) is 144 Å². The van der Waals surface area contributed by atoms with Gasteiger partial charge in [0.1, 0.15) is 0 Å². The van der Waals surface area contributed by atoms with E-state index in [4.69, 9.17) is 0 Å². The zero-order valence-corrected chi connectivity index (χ0v) is 19.8. The summed E-state index contributed by atoms with van der Waals surface area (Å²) in [5.41, 5.74) is 6.54. The molecule has 2 atom stereocenters. The molecule has 0 bridgehead atoms. The van der Waals surface area contributed by atoms with Crippen LogP contribution in [0.5, 0.6) is 0 Å². The summed E-state index contributed by atoms with van der Waals surface area (Å²) < 4.78 is 0. The Hall–Kier alpha value is -3.36. The van der Waals surface area contributed by atoms with Crippen LogP contribution in [0.4, 0.5) is 5.69 Å². The van der Waals surface area contributed by atoms with Crippen molar-refractivity contribution < 1.29 is 0 Å². The Bertz CT molecular complexity index is 1140. The van der Waals surface area contributed by atoms with Gasteiger partial charge >= 0.3 is 0 Å². The highest BCUT2D eigenvalue weighted by Gasteiger charge is 2.36. The van der Waals surface area contributed by atoms with E-state index in [1.54, 1.807) is 0 Å². The molecule has 171 valence electrons. The van der Waals surface area contributed by atoms with Crippen LogP contribution in [0.2, 0.25) is 0 Å². The molecule has 5 rings (SSSR count). The van der Waals surface area contributed by atoms with E-state index < -0.39 is 0 Å². The van der Waals surface area contributed by atoms with Crippen LogP contribution in [-0.4, -0.2) is 30.1 Å². The van der Waals surface area contributed by atoms with Crippen LogP contribution in [0, 0.1) is 6.92 Å². The summed E-state index contributed by atoms with van der Waals surface area (Å²) in [4.78, 5) is 5.35. The van der Waals surface area contributed by atoms with Crippen molar-refractivity contribution in [2.75, 3.05) is 18.0 Å². The van der Waals surface area contributed by atoms with Gasteiger partial charge in [0, 0.05) is 37.4 Å². The lowest BCUT2D eigenvalue weighted by atomic mass is 9.89. The largest absolute Gasteiger partial charge is 0.365 e. The number of rotatable bonds is 7. The van der Waals surface area contributed by atoms with Gasteiger partial charge in [-0.2, -0.15) is 0 Å². The highest BCUT2D eigenvalue weighted by molar-refractivity contribution is 5.50. The summed E-state index contributed by atoms with van der Waals surface area (Å²) in [6, 6.07) is 42.4. The van der Waals surface area contributed by atoms with E-state index in [1.165, 1.54) is 22.4 Å². The third kappa shape index (κ3) is 5.40. The molecule has 2 nitrogen and oxygen atoms in total. The summed E-state index contributed by atoms with van der Waals surface area (Å²) in [7, 11) is 0. The Morgan fingerprint density at radius 1 is 0.559 bits per heavy atom. The van der Waals surface area contributed by atoms with Gasteiger partial charge in [0.15, 0.2) is 0 Å². The predicted molar refractivity (Wildman–Crippen MR) is 143 cm³/mol. The van der Waals surface area contributed by atoms with Gasteiger partial charge < -0.3 is 4.90 Å².